The lowest BCUT2D eigenvalue weighted by atomic mass is 9.91. The van der Waals surface area contributed by atoms with Crippen LogP contribution in [0.5, 0.6) is 5.75 Å². The lowest BCUT2D eigenvalue weighted by Crippen LogP contribution is -2.04. The number of rotatable bonds is 5. The number of nitrogens with one attached hydrogen (secondary N) is 1. The zero-order valence-corrected chi connectivity index (χ0v) is 11.2. The number of H-pyrrole nitrogens is 1. The van der Waals surface area contributed by atoms with Crippen molar-refractivity contribution in [3.8, 4) is 5.75 Å². The third kappa shape index (κ3) is 2.82. The summed E-state index contributed by atoms with van der Waals surface area (Å²) in [6.45, 7) is 2.14. The number of hydrogen-bond acceptors (Lipinski definition) is 3. The summed E-state index contributed by atoms with van der Waals surface area (Å²) in [4.78, 5) is 0. The Hall–Kier alpha value is -1.55. The van der Waals surface area contributed by atoms with Crippen LogP contribution in [-0.2, 0) is 6.42 Å². The molecule has 2 rings (SSSR count). The van der Waals surface area contributed by atoms with Gasteiger partial charge in [-0.25, -0.2) is 0 Å². The van der Waals surface area contributed by atoms with Gasteiger partial charge in [0.05, 0.1) is 19.0 Å². The van der Waals surface area contributed by atoms with Gasteiger partial charge in [-0.05, 0) is 36.1 Å². The van der Waals surface area contributed by atoms with Crippen molar-refractivity contribution >= 4 is 11.6 Å². The molecule has 5 heteroatoms. The van der Waals surface area contributed by atoms with Crippen molar-refractivity contribution < 1.29 is 4.74 Å². The van der Waals surface area contributed by atoms with Crippen LogP contribution in [0.15, 0.2) is 24.4 Å². The van der Waals surface area contributed by atoms with Gasteiger partial charge in [0.1, 0.15) is 5.75 Å². The molecule has 18 heavy (non-hydrogen) atoms. The van der Waals surface area contributed by atoms with Gasteiger partial charge in [0.2, 0.25) is 0 Å². The first-order valence-electron chi connectivity index (χ1n) is 5.92. The Morgan fingerprint density at radius 3 is 2.89 bits per heavy atom. The molecule has 1 unspecified atom stereocenters. The van der Waals surface area contributed by atoms with Crippen molar-refractivity contribution in [3.63, 3.8) is 0 Å². The van der Waals surface area contributed by atoms with Crippen molar-refractivity contribution in [1.29, 1.82) is 0 Å². The van der Waals surface area contributed by atoms with Gasteiger partial charge in [-0.15, -0.1) is 0 Å². The van der Waals surface area contributed by atoms with Gasteiger partial charge in [-0.2, -0.15) is 15.4 Å². The summed E-state index contributed by atoms with van der Waals surface area (Å²) in [6, 6.07) is 5.71. The quantitative estimate of drug-likeness (QED) is 0.903. The Morgan fingerprint density at radius 2 is 2.28 bits per heavy atom. The predicted molar refractivity (Wildman–Crippen MR) is 71.1 cm³/mol. The summed E-state index contributed by atoms with van der Waals surface area (Å²) < 4.78 is 5.40. The summed E-state index contributed by atoms with van der Waals surface area (Å²) in [7, 11) is 1.68. The maximum Gasteiger partial charge on any atom is 0.122 e. The minimum absolute atomic E-state index is 0.323. The highest BCUT2D eigenvalue weighted by atomic mass is 35.5. The van der Waals surface area contributed by atoms with Crippen molar-refractivity contribution in [2.45, 2.75) is 25.7 Å². The number of aromatic nitrogens is 3. The number of aromatic amines is 1. The molecule has 0 saturated heterocycles. The van der Waals surface area contributed by atoms with E-state index in [1.54, 1.807) is 13.3 Å². The number of hydrogen-bond donors (Lipinski definition) is 1. The summed E-state index contributed by atoms with van der Waals surface area (Å²) in [5.41, 5.74) is 2.07. The molecule has 0 spiro atoms. The van der Waals surface area contributed by atoms with E-state index in [1.165, 1.54) is 0 Å². The van der Waals surface area contributed by atoms with Gasteiger partial charge in [0.25, 0.3) is 0 Å². The maximum absolute atomic E-state index is 6.07. The zero-order chi connectivity index (χ0) is 13.0. The molecule has 0 aliphatic heterocycles. The van der Waals surface area contributed by atoms with Crippen LogP contribution in [0.2, 0.25) is 5.02 Å². The highest BCUT2D eigenvalue weighted by molar-refractivity contribution is 6.30. The first-order chi connectivity index (χ1) is 8.74. The Labute approximate surface area is 111 Å². The molecule has 2 aromatic rings. The first kappa shape index (κ1) is 12.9. The first-order valence-corrected chi connectivity index (χ1v) is 6.30. The van der Waals surface area contributed by atoms with Gasteiger partial charge in [-0.1, -0.05) is 18.5 Å². The van der Waals surface area contributed by atoms with Crippen LogP contribution in [0.4, 0.5) is 0 Å². The summed E-state index contributed by atoms with van der Waals surface area (Å²) in [6.07, 6.45) is 3.56. The zero-order valence-electron chi connectivity index (χ0n) is 10.5. The van der Waals surface area contributed by atoms with Crippen LogP contribution in [0.25, 0.3) is 0 Å². The van der Waals surface area contributed by atoms with E-state index in [9.17, 15) is 0 Å². The maximum atomic E-state index is 6.07. The van der Waals surface area contributed by atoms with Crippen molar-refractivity contribution in [1.82, 2.24) is 15.4 Å². The molecule has 0 aliphatic rings. The van der Waals surface area contributed by atoms with Crippen LogP contribution >= 0.6 is 11.6 Å². The Bertz CT molecular complexity index is 499. The molecule has 0 amide bonds. The molecule has 1 aromatic heterocycles. The Balaban J connectivity index is 2.28. The van der Waals surface area contributed by atoms with Gasteiger partial charge in [-0.3, -0.25) is 0 Å². The van der Waals surface area contributed by atoms with Crippen molar-refractivity contribution in [2.24, 2.45) is 0 Å². The molecule has 0 fully saturated rings. The molecule has 1 heterocycles. The van der Waals surface area contributed by atoms with Crippen molar-refractivity contribution in [3.05, 3.63) is 40.7 Å². The molecule has 1 aromatic carbocycles. The molecule has 1 atom stereocenters. The number of methoxy groups -OCH3 is 1. The van der Waals surface area contributed by atoms with E-state index in [1.807, 2.05) is 18.2 Å². The Morgan fingerprint density at radius 1 is 1.44 bits per heavy atom. The standard InChI is InChI=1S/C13H16ClN3O/c1-3-9(6-11-8-15-17-16-11)12-7-10(14)4-5-13(12)18-2/h4-5,7-9H,3,6H2,1-2H3,(H,15,16,17). The fraction of sp³-hybridized carbons (Fsp3) is 0.385. The van der Waals surface area contributed by atoms with Crippen molar-refractivity contribution in [2.75, 3.05) is 7.11 Å². The lowest BCUT2D eigenvalue weighted by molar-refractivity contribution is 0.404. The van der Waals surface area contributed by atoms with Crippen LogP contribution < -0.4 is 4.74 Å². The summed E-state index contributed by atoms with van der Waals surface area (Å²) in [5, 5.41) is 11.3. The smallest absolute Gasteiger partial charge is 0.122 e. The average molecular weight is 266 g/mol. The molecule has 0 radical (unpaired) electrons. The van der Waals surface area contributed by atoms with Crippen LogP contribution in [0.3, 0.4) is 0 Å². The van der Waals surface area contributed by atoms with Crippen LogP contribution in [0.1, 0.15) is 30.5 Å². The van der Waals surface area contributed by atoms with E-state index in [0.717, 1.165) is 34.9 Å². The van der Waals surface area contributed by atoms with Gasteiger partial charge in [0, 0.05) is 11.4 Å². The summed E-state index contributed by atoms with van der Waals surface area (Å²) >= 11 is 6.07. The highest BCUT2D eigenvalue weighted by Gasteiger charge is 2.16. The molecular weight excluding hydrogens is 250 g/mol. The third-order valence-corrected chi connectivity index (χ3v) is 3.28. The monoisotopic (exact) mass is 265 g/mol. The second kappa shape index (κ2) is 5.87. The third-order valence-electron chi connectivity index (χ3n) is 3.04. The van der Waals surface area contributed by atoms with E-state index in [-0.39, 0.29) is 0 Å². The second-order valence-corrected chi connectivity index (χ2v) is 4.59. The minimum Gasteiger partial charge on any atom is -0.496 e. The topological polar surface area (TPSA) is 50.8 Å². The number of benzene rings is 1. The van der Waals surface area contributed by atoms with Gasteiger partial charge < -0.3 is 4.74 Å². The van der Waals surface area contributed by atoms with E-state index in [2.05, 4.69) is 22.3 Å². The molecule has 4 nitrogen and oxygen atoms in total. The molecular formula is C13H16ClN3O. The largest absolute Gasteiger partial charge is 0.496 e. The van der Waals surface area contributed by atoms with Crippen LogP contribution in [-0.4, -0.2) is 22.5 Å². The van der Waals surface area contributed by atoms with E-state index in [0.29, 0.717) is 5.92 Å². The Kier molecular flexibility index (Phi) is 4.20. The molecule has 0 bridgehead atoms. The predicted octanol–water partition coefficient (Wildman–Crippen LogP) is 3.20. The van der Waals surface area contributed by atoms with E-state index >= 15 is 0 Å². The average Bonchev–Trinajstić information content (AvgIpc) is 2.88. The van der Waals surface area contributed by atoms with E-state index < -0.39 is 0 Å². The van der Waals surface area contributed by atoms with Gasteiger partial charge in [0.15, 0.2) is 0 Å². The molecule has 96 valence electrons. The van der Waals surface area contributed by atoms with Crippen LogP contribution in [0, 0.1) is 0 Å². The molecule has 1 N–H and O–H groups in total. The van der Waals surface area contributed by atoms with Gasteiger partial charge >= 0.3 is 0 Å². The number of nitrogens with zero attached hydrogens (tertiary/aromatic N) is 2. The lowest BCUT2D eigenvalue weighted by Gasteiger charge is -2.17. The second-order valence-electron chi connectivity index (χ2n) is 4.16. The normalized spacial score (nSPS) is 12.4. The number of ether oxygens (including phenoxy) is 1. The molecule has 0 aliphatic carbocycles. The number of halogens is 1. The SMILES string of the molecule is CCC(Cc1cn[nH]n1)c1cc(Cl)ccc1OC. The highest BCUT2D eigenvalue weighted by Crippen LogP contribution is 2.33. The fourth-order valence-electron chi connectivity index (χ4n) is 2.07. The summed E-state index contributed by atoms with van der Waals surface area (Å²) in [5.74, 6) is 1.19. The molecule has 0 saturated carbocycles. The minimum atomic E-state index is 0.323. The fourth-order valence-corrected chi connectivity index (χ4v) is 2.26. The van der Waals surface area contributed by atoms with E-state index in [4.69, 9.17) is 16.3 Å².